The lowest BCUT2D eigenvalue weighted by Crippen LogP contribution is -2.24. The van der Waals surface area contributed by atoms with Crippen LogP contribution in [0.4, 0.5) is 9.18 Å². The van der Waals surface area contributed by atoms with Crippen LogP contribution in [0.3, 0.4) is 0 Å². The van der Waals surface area contributed by atoms with Gasteiger partial charge in [-0.2, -0.15) is 0 Å². The molecule has 6 heteroatoms. The average Bonchev–Trinajstić information content (AvgIpc) is 2.66. The Kier molecular flexibility index (Phi) is 8.03. The number of ether oxygens (including phenoxy) is 1. The van der Waals surface area contributed by atoms with E-state index in [1.807, 2.05) is 36.4 Å². The summed E-state index contributed by atoms with van der Waals surface area (Å²) in [7, 11) is 0. The van der Waals surface area contributed by atoms with E-state index in [-0.39, 0.29) is 19.4 Å². The summed E-state index contributed by atoms with van der Waals surface area (Å²) in [6.07, 6.45) is 3.73. The molecule has 0 saturated carbocycles. The van der Waals surface area contributed by atoms with Crippen molar-refractivity contribution in [3.8, 4) is 0 Å². The van der Waals surface area contributed by atoms with Crippen molar-refractivity contribution in [1.29, 1.82) is 0 Å². The lowest BCUT2D eigenvalue weighted by Gasteiger charge is -2.06. The first-order chi connectivity index (χ1) is 13.0. The van der Waals surface area contributed by atoms with E-state index in [9.17, 15) is 14.0 Å². The molecule has 1 amide bonds. The highest BCUT2D eigenvalue weighted by Crippen LogP contribution is 2.14. The Hall–Kier alpha value is -3.15. The Morgan fingerprint density at radius 1 is 1.15 bits per heavy atom. The Morgan fingerprint density at radius 2 is 1.93 bits per heavy atom. The highest BCUT2D eigenvalue weighted by Gasteiger charge is 2.05. The summed E-state index contributed by atoms with van der Waals surface area (Å²) in [5, 5.41) is 11.3. The number of rotatable bonds is 9. The minimum absolute atomic E-state index is 0.0991. The molecule has 142 valence electrons. The van der Waals surface area contributed by atoms with Gasteiger partial charge in [0.1, 0.15) is 12.4 Å². The SMILES string of the molecule is O=C(O)CCc1ccc(C=CCCNC(=O)OCc2ccccc2)cc1F. The van der Waals surface area contributed by atoms with E-state index < -0.39 is 17.9 Å². The van der Waals surface area contributed by atoms with Gasteiger partial charge in [0.15, 0.2) is 0 Å². The number of carboxylic acids is 1. The van der Waals surface area contributed by atoms with Crippen LogP contribution >= 0.6 is 0 Å². The zero-order chi connectivity index (χ0) is 19.5. The zero-order valence-electron chi connectivity index (χ0n) is 14.9. The molecule has 0 bridgehead atoms. The maximum Gasteiger partial charge on any atom is 0.407 e. The highest BCUT2D eigenvalue weighted by molar-refractivity contribution is 5.67. The van der Waals surface area contributed by atoms with Crippen LogP contribution in [-0.4, -0.2) is 23.7 Å². The first-order valence-corrected chi connectivity index (χ1v) is 8.66. The van der Waals surface area contributed by atoms with Gasteiger partial charge in [0.2, 0.25) is 0 Å². The zero-order valence-corrected chi connectivity index (χ0v) is 14.9. The second kappa shape index (κ2) is 10.8. The van der Waals surface area contributed by atoms with E-state index in [1.165, 1.54) is 6.07 Å². The van der Waals surface area contributed by atoms with E-state index in [0.29, 0.717) is 24.1 Å². The molecule has 2 aromatic rings. The number of carboxylic acid groups (broad SMARTS) is 1. The molecule has 0 unspecified atom stereocenters. The molecule has 0 radical (unpaired) electrons. The molecule has 27 heavy (non-hydrogen) atoms. The van der Waals surface area contributed by atoms with Gasteiger partial charge in [0.25, 0.3) is 0 Å². The summed E-state index contributed by atoms with van der Waals surface area (Å²) in [4.78, 5) is 22.1. The first kappa shape index (κ1) is 20.2. The molecule has 0 saturated heterocycles. The summed E-state index contributed by atoms with van der Waals surface area (Å²) in [5.74, 6) is -1.37. The van der Waals surface area contributed by atoms with Gasteiger partial charge in [-0.1, -0.05) is 54.6 Å². The molecule has 0 aliphatic heterocycles. The fourth-order valence-electron chi connectivity index (χ4n) is 2.36. The number of nitrogens with one attached hydrogen (secondary N) is 1. The lowest BCUT2D eigenvalue weighted by atomic mass is 10.1. The molecule has 0 aliphatic carbocycles. The van der Waals surface area contributed by atoms with E-state index in [2.05, 4.69) is 5.32 Å². The van der Waals surface area contributed by atoms with Crippen molar-refractivity contribution >= 4 is 18.1 Å². The third-order valence-corrected chi connectivity index (χ3v) is 3.79. The van der Waals surface area contributed by atoms with E-state index in [1.54, 1.807) is 18.2 Å². The number of carbonyl (C=O) groups excluding carboxylic acids is 1. The van der Waals surface area contributed by atoms with Crippen LogP contribution in [0.25, 0.3) is 6.08 Å². The van der Waals surface area contributed by atoms with Crippen LogP contribution in [0.5, 0.6) is 0 Å². The van der Waals surface area contributed by atoms with Gasteiger partial charge in [0, 0.05) is 13.0 Å². The van der Waals surface area contributed by atoms with Crippen molar-refractivity contribution in [2.75, 3.05) is 6.54 Å². The van der Waals surface area contributed by atoms with Gasteiger partial charge >= 0.3 is 12.1 Å². The van der Waals surface area contributed by atoms with Crippen LogP contribution in [-0.2, 0) is 22.6 Å². The third-order valence-electron chi connectivity index (χ3n) is 3.79. The molecule has 2 rings (SSSR count). The quantitative estimate of drug-likeness (QED) is 0.649. The van der Waals surface area contributed by atoms with Gasteiger partial charge < -0.3 is 15.2 Å². The fraction of sp³-hybridized carbons (Fsp3) is 0.238. The maximum absolute atomic E-state index is 13.9. The molecule has 0 heterocycles. The molecule has 0 aliphatic rings. The molecule has 0 spiro atoms. The van der Waals surface area contributed by atoms with Gasteiger partial charge in [-0.05, 0) is 35.6 Å². The Labute approximate surface area is 157 Å². The van der Waals surface area contributed by atoms with Crippen LogP contribution in [0, 0.1) is 5.82 Å². The first-order valence-electron chi connectivity index (χ1n) is 8.66. The minimum atomic E-state index is -0.951. The topological polar surface area (TPSA) is 75.6 Å². The number of carbonyl (C=O) groups is 2. The number of aliphatic carboxylic acids is 1. The number of hydrogen-bond donors (Lipinski definition) is 2. The van der Waals surface area contributed by atoms with Gasteiger partial charge in [0.05, 0.1) is 0 Å². The molecule has 2 aromatic carbocycles. The number of alkyl carbamates (subject to hydrolysis) is 1. The number of aryl methyl sites for hydroxylation is 1. The second-order valence-corrected chi connectivity index (χ2v) is 5.92. The number of amides is 1. The highest BCUT2D eigenvalue weighted by atomic mass is 19.1. The standard InChI is InChI=1S/C21H22FNO4/c22-19-14-16(9-10-18(19)11-12-20(24)25)6-4-5-13-23-21(26)27-15-17-7-2-1-3-8-17/h1-4,6-10,14H,5,11-13,15H2,(H,23,26)(H,24,25). The molecule has 0 aromatic heterocycles. The number of hydrogen-bond acceptors (Lipinski definition) is 3. The molecule has 2 N–H and O–H groups in total. The van der Waals surface area contributed by atoms with E-state index in [0.717, 1.165) is 5.56 Å². The fourth-order valence-corrected chi connectivity index (χ4v) is 2.36. The normalized spacial score (nSPS) is 10.7. The summed E-state index contributed by atoms with van der Waals surface area (Å²) < 4.78 is 19.0. The van der Waals surface area contributed by atoms with Crippen LogP contribution < -0.4 is 5.32 Å². The minimum Gasteiger partial charge on any atom is -0.481 e. The van der Waals surface area contributed by atoms with Gasteiger partial charge in [-0.15, -0.1) is 0 Å². The summed E-state index contributed by atoms with van der Waals surface area (Å²) >= 11 is 0. The Balaban J connectivity index is 1.68. The predicted octanol–water partition coefficient (Wildman–Crippen LogP) is 4.17. The number of benzene rings is 2. The summed E-state index contributed by atoms with van der Waals surface area (Å²) in [6, 6.07) is 14.1. The Bertz CT molecular complexity index is 790. The van der Waals surface area contributed by atoms with Crippen molar-refractivity contribution in [2.24, 2.45) is 0 Å². The smallest absolute Gasteiger partial charge is 0.407 e. The van der Waals surface area contributed by atoms with Crippen molar-refractivity contribution in [3.63, 3.8) is 0 Å². The summed E-state index contributed by atoms with van der Waals surface area (Å²) in [5.41, 5.74) is 1.98. The van der Waals surface area contributed by atoms with Gasteiger partial charge in [-0.3, -0.25) is 4.79 Å². The third kappa shape index (κ3) is 7.73. The number of halogens is 1. The maximum atomic E-state index is 13.9. The summed E-state index contributed by atoms with van der Waals surface area (Å²) in [6.45, 7) is 0.624. The van der Waals surface area contributed by atoms with E-state index >= 15 is 0 Å². The molecule has 0 fully saturated rings. The van der Waals surface area contributed by atoms with Crippen molar-refractivity contribution in [1.82, 2.24) is 5.32 Å². The van der Waals surface area contributed by atoms with Crippen molar-refractivity contribution in [3.05, 3.63) is 77.1 Å². The van der Waals surface area contributed by atoms with Crippen LogP contribution in [0.15, 0.2) is 54.6 Å². The van der Waals surface area contributed by atoms with Gasteiger partial charge in [-0.25, -0.2) is 9.18 Å². The van der Waals surface area contributed by atoms with Crippen molar-refractivity contribution < 1.29 is 23.8 Å². The van der Waals surface area contributed by atoms with Crippen molar-refractivity contribution in [2.45, 2.75) is 25.9 Å². The molecular weight excluding hydrogens is 349 g/mol. The van der Waals surface area contributed by atoms with E-state index in [4.69, 9.17) is 9.84 Å². The second-order valence-electron chi connectivity index (χ2n) is 5.92. The molecular formula is C21H22FNO4. The Morgan fingerprint density at radius 3 is 2.63 bits per heavy atom. The van der Waals surface area contributed by atoms with Crippen LogP contribution in [0.2, 0.25) is 0 Å². The lowest BCUT2D eigenvalue weighted by molar-refractivity contribution is -0.136. The average molecular weight is 371 g/mol. The van der Waals surface area contributed by atoms with Crippen LogP contribution in [0.1, 0.15) is 29.5 Å². The molecule has 0 atom stereocenters. The largest absolute Gasteiger partial charge is 0.481 e. The monoisotopic (exact) mass is 371 g/mol. The molecule has 5 nitrogen and oxygen atoms in total. The predicted molar refractivity (Wildman–Crippen MR) is 101 cm³/mol.